The van der Waals surface area contributed by atoms with Gasteiger partial charge in [0, 0.05) is 31.7 Å². The van der Waals surface area contributed by atoms with Crippen LogP contribution in [0.5, 0.6) is 0 Å². The van der Waals surface area contributed by atoms with Gasteiger partial charge in [0.15, 0.2) is 5.76 Å². The normalized spacial score (nSPS) is 13.7. The van der Waals surface area contributed by atoms with E-state index >= 15 is 0 Å². The van der Waals surface area contributed by atoms with Gasteiger partial charge in [0.1, 0.15) is 6.07 Å². The molecule has 0 N–H and O–H groups in total. The molecule has 10 nitrogen and oxygen atoms in total. The van der Waals surface area contributed by atoms with Crippen molar-refractivity contribution in [1.29, 1.82) is 5.26 Å². The summed E-state index contributed by atoms with van der Waals surface area (Å²) in [5.41, 5.74) is 3.30. The molecule has 5 rings (SSSR count). The molecule has 0 unspecified atom stereocenters. The first-order chi connectivity index (χ1) is 17.0. The summed E-state index contributed by atoms with van der Waals surface area (Å²) >= 11 is 1.22. The van der Waals surface area contributed by atoms with E-state index in [1.165, 1.54) is 18.0 Å². The quantitative estimate of drug-likeness (QED) is 0.367. The molecular weight excluding hydrogens is 468 g/mol. The van der Waals surface area contributed by atoms with E-state index in [1.807, 2.05) is 30.9 Å². The molecule has 178 valence electrons. The molecule has 4 aromatic rings. The molecule has 3 aromatic heterocycles. The highest BCUT2D eigenvalue weighted by atomic mass is 32.2. The fourth-order valence-electron chi connectivity index (χ4n) is 3.96. The number of carbonyl (C=O) groups excluding carboxylic acids is 1. The van der Waals surface area contributed by atoms with E-state index in [4.69, 9.17) is 13.3 Å². The fourth-order valence-corrected chi connectivity index (χ4v) is 4.63. The number of nitriles is 1. The van der Waals surface area contributed by atoms with Gasteiger partial charge in [-0.1, -0.05) is 29.0 Å². The third-order valence-electron chi connectivity index (χ3n) is 5.56. The van der Waals surface area contributed by atoms with Crippen LogP contribution in [0.15, 0.2) is 55.1 Å². The number of rotatable bonds is 6. The number of furan rings is 1. The van der Waals surface area contributed by atoms with E-state index in [-0.39, 0.29) is 23.2 Å². The second kappa shape index (κ2) is 9.68. The molecule has 4 heterocycles. The lowest BCUT2D eigenvalue weighted by atomic mass is 10.1. The molecule has 1 aliphatic rings. The smallest absolute Gasteiger partial charge is 0.277 e. The van der Waals surface area contributed by atoms with Crippen molar-refractivity contribution in [3.05, 3.63) is 53.4 Å². The SMILES string of the molecule is Cc1cc(C)cc(-c2nnc(SCC(=O)N3CCN(c4oc(-c5ccco5)nc4C#N)CC3)o2)c1. The molecule has 1 aliphatic heterocycles. The zero-order valence-corrected chi connectivity index (χ0v) is 20.0. The van der Waals surface area contributed by atoms with E-state index in [0.29, 0.717) is 48.9 Å². The summed E-state index contributed by atoms with van der Waals surface area (Å²) in [7, 11) is 0. The number of aryl methyl sites for hydroxylation is 2. The lowest BCUT2D eigenvalue weighted by Crippen LogP contribution is -2.49. The summed E-state index contributed by atoms with van der Waals surface area (Å²) in [6.45, 7) is 6.08. The number of hydrogen-bond donors (Lipinski definition) is 0. The Labute approximate surface area is 205 Å². The Morgan fingerprint density at radius 1 is 1.09 bits per heavy atom. The van der Waals surface area contributed by atoms with Crippen LogP contribution >= 0.6 is 11.8 Å². The summed E-state index contributed by atoms with van der Waals surface area (Å²) in [6, 6.07) is 11.6. The van der Waals surface area contributed by atoms with Crippen LogP contribution < -0.4 is 4.90 Å². The van der Waals surface area contributed by atoms with Crippen molar-refractivity contribution in [2.24, 2.45) is 0 Å². The fraction of sp³-hybridized carbons (Fsp3) is 0.292. The Morgan fingerprint density at radius 2 is 1.86 bits per heavy atom. The van der Waals surface area contributed by atoms with Crippen LogP contribution in [0, 0.1) is 25.2 Å². The van der Waals surface area contributed by atoms with E-state index in [2.05, 4.69) is 27.3 Å². The number of nitrogens with zero attached hydrogens (tertiary/aromatic N) is 6. The van der Waals surface area contributed by atoms with Crippen LogP contribution in [0.2, 0.25) is 0 Å². The first-order valence-electron chi connectivity index (χ1n) is 11.0. The van der Waals surface area contributed by atoms with Crippen molar-refractivity contribution < 1.29 is 18.0 Å². The molecule has 1 aromatic carbocycles. The van der Waals surface area contributed by atoms with Crippen molar-refractivity contribution in [3.8, 4) is 29.2 Å². The summed E-state index contributed by atoms with van der Waals surface area (Å²) < 4.78 is 16.9. The number of benzene rings is 1. The van der Waals surface area contributed by atoms with Crippen molar-refractivity contribution in [3.63, 3.8) is 0 Å². The summed E-state index contributed by atoms with van der Waals surface area (Å²) in [5, 5.41) is 18.0. The summed E-state index contributed by atoms with van der Waals surface area (Å²) in [6.07, 6.45) is 1.52. The van der Waals surface area contributed by atoms with Crippen molar-refractivity contribution >= 4 is 23.6 Å². The van der Waals surface area contributed by atoms with E-state index in [9.17, 15) is 10.1 Å². The number of piperazine rings is 1. The summed E-state index contributed by atoms with van der Waals surface area (Å²) in [5.74, 6) is 1.73. The second-order valence-electron chi connectivity index (χ2n) is 8.17. The van der Waals surface area contributed by atoms with Gasteiger partial charge in [-0.25, -0.2) is 0 Å². The largest absolute Gasteiger partial charge is 0.459 e. The number of anilines is 1. The molecule has 0 radical (unpaired) electrons. The van der Waals surface area contributed by atoms with Gasteiger partial charge < -0.3 is 23.1 Å². The van der Waals surface area contributed by atoms with Crippen LogP contribution in [0.25, 0.3) is 23.1 Å². The average molecular weight is 491 g/mol. The number of oxazole rings is 1. The number of aromatic nitrogens is 3. The molecule has 35 heavy (non-hydrogen) atoms. The molecule has 0 spiro atoms. The monoisotopic (exact) mass is 490 g/mol. The van der Waals surface area contributed by atoms with Gasteiger partial charge in [-0.15, -0.1) is 10.2 Å². The highest BCUT2D eigenvalue weighted by Gasteiger charge is 2.27. The van der Waals surface area contributed by atoms with Gasteiger partial charge in [0.25, 0.3) is 11.1 Å². The topological polar surface area (TPSA) is 125 Å². The van der Waals surface area contributed by atoms with Crippen molar-refractivity contribution in [2.45, 2.75) is 19.1 Å². The number of carbonyl (C=O) groups is 1. The van der Waals surface area contributed by atoms with Crippen LogP contribution in [-0.4, -0.2) is 57.9 Å². The predicted octanol–water partition coefficient (Wildman–Crippen LogP) is 3.91. The van der Waals surface area contributed by atoms with Gasteiger partial charge in [-0.3, -0.25) is 4.79 Å². The minimum Gasteiger partial charge on any atom is -0.459 e. The highest BCUT2D eigenvalue weighted by molar-refractivity contribution is 7.99. The molecule has 0 bridgehead atoms. The third-order valence-corrected chi connectivity index (χ3v) is 6.36. The zero-order valence-electron chi connectivity index (χ0n) is 19.2. The van der Waals surface area contributed by atoms with Gasteiger partial charge in [0.2, 0.25) is 23.4 Å². The van der Waals surface area contributed by atoms with E-state index in [0.717, 1.165) is 16.7 Å². The lowest BCUT2D eigenvalue weighted by Gasteiger charge is -2.34. The number of hydrogen-bond acceptors (Lipinski definition) is 10. The minimum atomic E-state index is -0.0184. The Balaban J connectivity index is 1.16. The molecule has 1 fully saturated rings. The van der Waals surface area contributed by atoms with Crippen LogP contribution in [0.1, 0.15) is 16.8 Å². The maximum Gasteiger partial charge on any atom is 0.277 e. The Kier molecular flexibility index (Phi) is 6.29. The Hall–Kier alpha value is -4.04. The molecule has 0 saturated carbocycles. The molecule has 0 aliphatic carbocycles. The maximum atomic E-state index is 12.8. The standard InChI is InChI=1S/C24H22N6O4S/c1-15-10-16(2)12-17(11-15)21-27-28-24(34-21)35-14-20(31)29-5-7-30(8-6-29)23-18(13-25)26-22(33-23)19-4-3-9-32-19/h3-4,9-12H,5-8,14H2,1-2H3. The van der Waals surface area contributed by atoms with Crippen LogP contribution in [0.3, 0.4) is 0 Å². The van der Waals surface area contributed by atoms with E-state index < -0.39 is 0 Å². The van der Waals surface area contributed by atoms with Gasteiger partial charge in [-0.2, -0.15) is 10.2 Å². The first-order valence-corrected chi connectivity index (χ1v) is 12.0. The number of amides is 1. The minimum absolute atomic E-state index is 0.0184. The average Bonchev–Trinajstić information content (AvgIpc) is 3.62. The van der Waals surface area contributed by atoms with Crippen molar-refractivity contribution in [1.82, 2.24) is 20.1 Å². The molecule has 1 amide bonds. The molecule has 11 heteroatoms. The van der Waals surface area contributed by atoms with E-state index in [1.54, 1.807) is 17.0 Å². The first kappa shape index (κ1) is 22.7. The van der Waals surface area contributed by atoms with Gasteiger partial charge in [-0.05, 0) is 38.1 Å². The van der Waals surface area contributed by atoms with Crippen LogP contribution in [0.4, 0.5) is 5.88 Å². The summed E-state index contributed by atoms with van der Waals surface area (Å²) in [4.78, 5) is 20.7. The Morgan fingerprint density at radius 3 is 2.54 bits per heavy atom. The molecule has 1 saturated heterocycles. The highest BCUT2D eigenvalue weighted by Crippen LogP contribution is 2.29. The number of thioether (sulfide) groups is 1. The molecule has 0 atom stereocenters. The second-order valence-corrected chi connectivity index (χ2v) is 9.09. The maximum absolute atomic E-state index is 12.8. The van der Waals surface area contributed by atoms with Gasteiger partial charge >= 0.3 is 0 Å². The third kappa shape index (κ3) is 4.93. The van der Waals surface area contributed by atoms with Crippen LogP contribution in [-0.2, 0) is 4.79 Å². The Bertz CT molecular complexity index is 1360. The zero-order chi connectivity index (χ0) is 24.4. The predicted molar refractivity (Wildman–Crippen MR) is 128 cm³/mol. The molecular formula is C24H22N6O4S. The van der Waals surface area contributed by atoms with Crippen molar-refractivity contribution in [2.75, 3.05) is 36.8 Å². The van der Waals surface area contributed by atoms with Gasteiger partial charge in [0.05, 0.1) is 12.0 Å². The lowest BCUT2D eigenvalue weighted by molar-refractivity contribution is -0.128.